The molecule has 37 heavy (non-hydrogen) atoms. The molecule has 1 aromatic carbocycles. The number of hydrogen-bond donors (Lipinski definition) is 0. The number of fused-ring (bicyclic) bond motifs is 1. The number of carbonyl (C=O) groups is 2. The van der Waals surface area contributed by atoms with Crippen LogP contribution in [0.4, 0.5) is 5.82 Å². The highest BCUT2D eigenvalue weighted by molar-refractivity contribution is 6.45. The highest BCUT2D eigenvalue weighted by Gasteiger charge is 2.39. The van der Waals surface area contributed by atoms with E-state index >= 15 is 0 Å². The van der Waals surface area contributed by atoms with Crippen LogP contribution in [0.15, 0.2) is 36.9 Å². The molecule has 5 rings (SSSR count). The van der Waals surface area contributed by atoms with Crippen molar-refractivity contribution >= 4 is 51.8 Å². The van der Waals surface area contributed by atoms with Crippen molar-refractivity contribution in [3.8, 4) is 5.69 Å². The quantitative estimate of drug-likeness (QED) is 0.399. The van der Waals surface area contributed by atoms with E-state index in [1.807, 2.05) is 43.7 Å². The third-order valence-electron chi connectivity index (χ3n) is 6.95. The average Bonchev–Trinajstić information content (AvgIpc) is 3.61. The molecule has 0 bridgehead atoms. The van der Waals surface area contributed by atoms with Gasteiger partial charge < -0.3 is 19.1 Å². The van der Waals surface area contributed by atoms with Crippen molar-refractivity contribution in [2.24, 2.45) is 0 Å². The van der Waals surface area contributed by atoms with Crippen LogP contribution in [-0.4, -0.2) is 62.1 Å². The number of halogens is 2. The summed E-state index contributed by atoms with van der Waals surface area (Å²) in [6.07, 6.45) is 8.86. The van der Waals surface area contributed by atoms with Gasteiger partial charge in [0.1, 0.15) is 17.5 Å². The summed E-state index contributed by atoms with van der Waals surface area (Å²) in [6.45, 7) is 6.87. The number of hydrogen-bond acceptors (Lipinski definition) is 6. The van der Waals surface area contributed by atoms with Crippen LogP contribution in [0.25, 0.3) is 16.6 Å². The first-order chi connectivity index (χ1) is 17.6. The second-order valence-corrected chi connectivity index (χ2v) is 11.5. The van der Waals surface area contributed by atoms with Crippen LogP contribution in [-0.2, 0) is 14.3 Å². The van der Waals surface area contributed by atoms with Crippen molar-refractivity contribution in [1.29, 1.82) is 0 Å². The molecule has 0 spiro atoms. The molecule has 0 aliphatic carbocycles. The van der Waals surface area contributed by atoms with Gasteiger partial charge in [0.05, 0.1) is 27.6 Å². The average molecular weight is 544 g/mol. The van der Waals surface area contributed by atoms with Gasteiger partial charge in [-0.1, -0.05) is 23.2 Å². The first-order valence-electron chi connectivity index (χ1n) is 12.7. The fourth-order valence-electron chi connectivity index (χ4n) is 5.31. The summed E-state index contributed by atoms with van der Waals surface area (Å²) in [4.78, 5) is 39.2. The summed E-state index contributed by atoms with van der Waals surface area (Å²) in [5, 5.41) is 1.69. The Morgan fingerprint density at radius 1 is 1.14 bits per heavy atom. The van der Waals surface area contributed by atoms with Gasteiger partial charge in [0.15, 0.2) is 0 Å². The molecule has 2 aliphatic heterocycles. The van der Waals surface area contributed by atoms with Crippen molar-refractivity contribution in [3.05, 3.63) is 47.0 Å². The minimum absolute atomic E-state index is 0.0260. The van der Waals surface area contributed by atoms with E-state index in [4.69, 9.17) is 32.9 Å². The number of benzene rings is 1. The number of amides is 1. The second kappa shape index (κ2) is 10.1. The molecular formula is C27H31Cl2N5O3. The SMILES string of the molecule is CC(C)(C)OC(=O)[C@H]1CCCN1C(=O)C[C@@H]1CCCN1c1cc(-n2ccnc2)c2ccc(Cl)c(Cl)c2n1. The van der Waals surface area contributed by atoms with Crippen LogP contribution >= 0.6 is 23.2 Å². The maximum Gasteiger partial charge on any atom is 0.329 e. The summed E-state index contributed by atoms with van der Waals surface area (Å²) in [5.74, 6) is 0.386. The van der Waals surface area contributed by atoms with Gasteiger partial charge in [0, 0.05) is 49.4 Å². The van der Waals surface area contributed by atoms with Crippen molar-refractivity contribution in [1.82, 2.24) is 19.4 Å². The molecule has 0 N–H and O–H groups in total. The van der Waals surface area contributed by atoms with E-state index in [9.17, 15) is 9.59 Å². The fraction of sp³-hybridized carbons (Fsp3) is 0.481. The molecule has 3 aromatic rings. The van der Waals surface area contributed by atoms with Gasteiger partial charge >= 0.3 is 5.97 Å². The molecule has 4 heterocycles. The zero-order chi connectivity index (χ0) is 26.3. The Kier molecular flexibility index (Phi) is 7.07. The van der Waals surface area contributed by atoms with Crippen molar-refractivity contribution in [3.63, 3.8) is 0 Å². The molecule has 0 radical (unpaired) electrons. The number of imidazole rings is 1. The van der Waals surface area contributed by atoms with Gasteiger partial charge in [-0.3, -0.25) is 4.79 Å². The Balaban J connectivity index is 1.42. The van der Waals surface area contributed by atoms with Crippen molar-refractivity contribution in [2.45, 2.75) is 70.6 Å². The highest BCUT2D eigenvalue weighted by Crippen LogP contribution is 2.37. The largest absolute Gasteiger partial charge is 0.458 e. The molecule has 1 amide bonds. The first kappa shape index (κ1) is 25.8. The van der Waals surface area contributed by atoms with Crippen LogP contribution in [0.1, 0.15) is 52.9 Å². The van der Waals surface area contributed by atoms with Crippen molar-refractivity contribution in [2.75, 3.05) is 18.0 Å². The zero-order valence-corrected chi connectivity index (χ0v) is 22.8. The van der Waals surface area contributed by atoms with Gasteiger partial charge in [0.25, 0.3) is 0 Å². The number of rotatable bonds is 5. The Morgan fingerprint density at radius 3 is 2.65 bits per heavy atom. The minimum atomic E-state index is -0.588. The number of nitrogens with zero attached hydrogens (tertiary/aromatic N) is 5. The maximum absolute atomic E-state index is 13.4. The lowest BCUT2D eigenvalue weighted by atomic mass is 10.1. The summed E-state index contributed by atoms with van der Waals surface area (Å²) < 4.78 is 7.51. The lowest BCUT2D eigenvalue weighted by Gasteiger charge is -2.30. The van der Waals surface area contributed by atoms with Crippen LogP contribution in [0.3, 0.4) is 0 Å². The molecule has 196 valence electrons. The smallest absolute Gasteiger partial charge is 0.329 e. The minimum Gasteiger partial charge on any atom is -0.458 e. The zero-order valence-electron chi connectivity index (χ0n) is 21.3. The van der Waals surface area contributed by atoms with Crippen molar-refractivity contribution < 1.29 is 14.3 Å². The van der Waals surface area contributed by atoms with E-state index in [0.717, 1.165) is 42.7 Å². The van der Waals surface area contributed by atoms with E-state index < -0.39 is 11.6 Å². The van der Waals surface area contributed by atoms with Gasteiger partial charge in [0.2, 0.25) is 5.91 Å². The monoisotopic (exact) mass is 543 g/mol. The molecule has 0 saturated carbocycles. The third-order valence-corrected chi connectivity index (χ3v) is 7.75. The molecule has 2 saturated heterocycles. The standard InChI is InChI=1S/C27H31Cl2N5O3/c1-27(2,3)37-26(36)20-7-5-12-34(20)23(35)14-17-6-4-11-33(17)22-15-21(32-13-10-30-16-32)18-8-9-19(28)24(29)25(18)31-22/h8-10,13,15-17,20H,4-7,11-12,14H2,1-3H3/t17-,20+/m0/s1. The summed E-state index contributed by atoms with van der Waals surface area (Å²) in [5.41, 5.74) is 0.907. The molecule has 2 aromatic heterocycles. The number of esters is 1. The van der Waals surface area contributed by atoms with Gasteiger partial charge in [-0.25, -0.2) is 14.8 Å². The molecule has 2 fully saturated rings. The lowest BCUT2D eigenvalue weighted by molar-refractivity contribution is -0.163. The maximum atomic E-state index is 13.4. The molecule has 8 nitrogen and oxygen atoms in total. The van der Waals surface area contributed by atoms with Crippen LogP contribution in [0.5, 0.6) is 0 Å². The second-order valence-electron chi connectivity index (χ2n) is 10.7. The number of anilines is 1. The van der Waals surface area contributed by atoms with E-state index in [1.165, 1.54) is 0 Å². The Morgan fingerprint density at radius 2 is 1.92 bits per heavy atom. The number of aromatic nitrogens is 3. The predicted octanol–water partition coefficient (Wildman–Crippen LogP) is 5.42. The fourth-order valence-corrected chi connectivity index (χ4v) is 5.67. The third kappa shape index (κ3) is 5.27. The first-order valence-corrected chi connectivity index (χ1v) is 13.4. The normalized spacial score (nSPS) is 20.1. The summed E-state index contributed by atoms with van der Waals surface area (Å²) in [6, 6.07) is 5.13. The number of ether oxygens (including phenoxy) is 1. The number of likely N-dealkylation sites (tertiary alicyclic amines) is 1. The molecular weight excluding hydrogens is 513 g/mol. The van der Waals surface area contributed by atoms with Gasteiger partial charge in [-0.05, 0) is 58.6 Å². The van der Waals surface area contributed by atoms with E-state index in [0.29, 0.717) is 34.9 Å². The molecule has 2 atom stereocenters. The summed E-state index contributed by atoms with van der Waals surface area (Å²) in [7, 11) is 0. The molecule has 0 unspecified atom stereocenters. The topological polar surface area (TPSA) is 80.6 Å². The molecule has 2 aliphatic rings. The van der Waals surface area contributed by atoms with E-state index in [1.54, 1.807) is 23.5 Å². The number of pyridine rings is 1. The van der Waals surface area contributed by atoms with Crippen LogP contribution in [0, 0.1) is 0 Å². The van der Waals surface area contributed by atoms with E-state index in [2.05, 4.69) is 9.88 Å². The summed E-state index contributed by atoms with van der Waals surface area (Å²) >= 11 is 12.9. The Bertz CT molecular complexity index is 1320. The predicted molar refractivity (Wildman–Crippen MR) is 144 cm³/mol. The lowest BCUT2D eigenvalue weighted by Crippen LogP contribution is -2.45. The molecule has 10 heteroatoms. The van der Waals surface area contributed by atoms with Gasteiger partial charge in [-0.15, -0.1) is 0 Å². The van der Waals surface area contributed by atoms with Gasteiger partial charge in [-0.2, -0.15) is 0 Å². The Hall–Kier alpha value is -2.84. The Labute approximate surface area is 226 Å². The van der Waals surface area contributed by atoms with Crippen LogP contribution < -0.4 is 4.90 Å². The number of carbonyl (C=O) groups excluding carboxylic acids is 2. The van der Waals surface area contributed by atoms with E-state index in [-0.39, 0.29) is 17.9 Å². The van der Waals surface area contributed by atoms with Crippen LogP contribution in [0.2, 0.25) is 10.0 Å². The highest BCUT2D eigenvalue weighted by atomic mass is 35.5.